The predicted molar refractivity (Wildman–Crippen MR) is 78.8 cm³/mol. The molecule has 0 saturated carbocycles. The first-order valence-electron chi connectivity index (χ1n) is 5.28. The lowest BCUT2D eigenvalue weighted by atomic mass is 10.0. The van der Waals surface area contributed by atoms with Gasteiger partial charge in [-0.15, -0.1) is 0 Å². The van der Waals surface area contributed by atoms with Crippen LogP contribution in [-0.4, -0.2) is 12.2 Å². The number of hydrogen-bond acceptors (Lipinski definition) is 3. The average Bonchev–Trinajstić information content (AvgIpc) is 2.73. The molecule has 5 heteroatoms. The van der Waals surface area contributed by atoms with Gasteiger partial charge in [0.15, 0.2) is 0 Å². The highest BCUT2D eigenvalue weighted by Gasteiger charge is 2.20. The summed E-state index contributed by atoms with van der Waals surface area (Å²) in [5.41, 5.74) is 2.61. The van der Waals surface area contributed by atoms with Gasteiger partial charge in [0.2, 0.25) is 0 Å². The molecule has 0 aliphatic rings. The molecule has 0 aliphatic heterocycles. The predicted octanol–water partition coefficient (Wildman–Crippen LogP) is 4.56. The van der Waals surface area contributed by atoms with Crippen LogP contribution < -0.4 is 4.74 Å². The SMILES string of the molecule is COc1c(Br)cc(Cl)cc1C(O)c1cscc1C. The molecule has 0 radical (unpaired) electrons. The molecular formula is C13H12BrClO2S. The molecule has 2 rings (SSSR count). The molecule has 2 nitrogen and oxygen atoms in total. The monoisotopic (exact) mass is 346 g/mol. The average molecular weight is 348 g/mol. The standard InChI is InChI=1S/C13H12BrClO2S/c1-7-5-18-6-10(7)12(16)9-3-8(15)4-11(14)13(9)17-2/h3-6,12,16H,1-2H3. The number of methoxy groups -OCH3 is 1. The number of hydrogen-bond donors (Lipinski definition) is 1. The minimum atomic E-state index is -0.735. The van der Waals surface area contributed by atoms with E-state index in [0.717, 1.165) is 15.6 Å². The van der Waals surface area contributed by atoms with Crippen molar-refractivity contribution < 1.29 is 9.84 Å². The maximum absolute atomic E-state index is 10.5. The summed E-state index contributed by atoms with van der Waals surface area (Å²) in [7, 11) is 1.57. The van der Waals surface area contributed by atoms with Crippen molar-refractivity contribution in [3.05, 3.63) is 49.1 Å². The summed E-state index contributed by atoms with van der Waals surface area (Å²) in [5, 5.41) is 15.0. The van der Waals surface area contributed by atoms with Crippen molar-refractivity contribution in [3.63, 3.8) is 0 Å². The van der Waals surface area contributed by atoms with Crippen LogP contribution in [0.4, 0.5) is 0 Å². The van der Waals surface area contributed by atoms with E-state index in [-0.39, 0.29) is 0 Å². The minimum absolute atomic E-state index is 0.560. The van der Waals surface area contributed by atoms with Gasteiger partial charge in [-0.25, -0.2) is 0 Å². The highest BCUT2D eigenvalue weighted by molar-refractivity contribution is 9.10. The maximum Gasteiger partial charge on any atom is 0.139 e. The van der Waals surface area contributed by atoms with Crippen LogP contribution in [0.25, 0.3) is 0 Å². The summed E-state index contributed by atoms with van der Waals surface area (Å²) in [4.78, 5) is 0. The molecule has 0 amide bonds. The van der Waals surface area contributed by atoms with Crippen LogP contribution in [0.5, 0.6) is 5.75 Å². The zero-order valence-electron chi connectivity index (χ0n) is 9.91. The Morgan fingerprint density at radius 1 is 1.33 bits per heavy atom. The van der Waals surface area contributed by atoms with Crippen molar-refractivity contribution in [2.45, 2.75) is 13.0 Å². The van der Waals surface area contributed by atoms with Gasteiger partial charge in [-0.05, 0) is 56.9 Å². The Hall–Kier alpha value is -0.550. The summed E-state index contributed by atoms with van der Waals surface area (Å²) in [6.45, 7) is 1.97. The fourth-order valence-electron chi connectivity index (χ4n) is 1.82. The lowest BCUT2D eigenvalue weighted by molar-refractivity contribution is 0.214. The third-order valence-electron chi connectivity index (χ3n) is 2.73. The second-order valence-electron chi connectivity index (χ2n) is 3.92. The van der Waals surface area contributed by atoms with Gasteiger partial charge in [-0.3, -0.25) is 0 Å². The van der Waals surface area contributed by atoms with Crippen molar-refractivity contribution in [1.82, 2.24) is 0 Å². The molecule has 1 aromatic heterocycles. The van der Waals surface area contributed by atoms with Gasteiger partial charge in [0.05, 0.1) is 11.6 Å². The molecule has 2 aromatic rings. The van der Waals surface area contributed by atoms with Crippen molar-refractivity contribution in [2.24, 2.45) is 0 Å². The van der Waals surface area contributed by atoms with Crippen LogP contribution in [0, 0.1) is 6.92 Å². The van der Waals surface area contributed by atoms with Crippen molar-refractivity contribution in [2.75, 3.05) is 7.11 Å². The molecule has 1 aromatic carbocycles. The van der Waals surface area contributed by atoms with E-state index in [1.165, 1.54) is 0 Å². The van der Waals surface area contributed by atoms with Crippen molar-refractivity contribution in [3.8, 4) is 5.75 Å². The second kappa shape index (κ2) is 5.61. The van der Waals surface area contributed by atoms with Gasteiger partial charge in [0.1, 0.15) is 11.9 Å². The molecule has 0 fully saturated rings. The number of aliphatic hydroxyl groups excluding tert-OH is 1. The third-order valence-corrected chi connectivity index (χ3v) is 4.41. The van der Waals surface area contributed by atoms with Gasteiger partial charge in [-0.2, -0.15) is 11.3 Å². The van der Waals surface area contributed by atoms with Crippen LogP contribution in [-0.2, 0) is 0 Å². The summed E-state index contributed by atoms with van der Waals surface area (Å²) < 4.78 is 6.06. The molecule has 1 atom stereocenters. The Morgan fingerprint density at radius 3 is 2.61 bits per heavy atom. The van der Waals surface area contributed by atoms with Crippen molar-refractivity contribution >= 4 is 38.9 Å². The molecule has 0 spiro atoms. The first-order valence-corrected chi connectivity index (χ1v) is 7.39. The zero-order valence-corrected chi connectivity index (χ0v) is 13.1. The highest BCUT2D eigenvalue weighted by atomic mass is 79.9. The summed E-state index contributed by atoms with van der Waals surface area (Å²) in [6.07, 6.45) is -0.735. The van der Waals surface area contributed by atoms with Gasteiger partial charge < -0.3 is 9.84 Å². The molecule has 96 valence electrons. The topological polar surface area (TPSA) is 29.5 Å². The molecular weight excluding hydrogens is 336 g/mol. The fraction of sp³-hybridized carbons (Fsp3) is 0.231. The van der Waals surface area contributed by atoms with Crippen LogP contribution in [0.3, 0.4) is 0 Å². The third kappa shape index (κ3) is 2.57. The smallest absolute Gasteiger partial charge is 0.139 e. The number of halogens is 2. The Kier molecular flexibility index (Phi) is 4.33. The summed E-state index contributed by atoms with van der Waals surface area (Å²) >= 11 is 11.0. The van der Waals surface area contributed by atoms with Gasteiger partial charge in [0, 0.05) is 10.6 Å². The first-order chi connectivity index (χ1) is 8.54. The molecule has 1 N–H and O–H groups in total. The molecule has 0 saturated heterocycles. The second-order valence-corrected chi connectivity index (χ2v) is 5.96. The zero-order chi connectivity index (χ0) is 13.3. The first kappa shape index (κ1) is 13.9. The van der Waals surface area contributed by atoms with E-state index in [9.17, 15) is 5.11 Å². The lowest BCUT2D eigenvalue weighted by Gasteiger charge is -2.16. The van der Waals surface area contributed by atoms with E-state index in [0.29, 0.717) is 16.3 Å². The minimum Gasteiger partial charge on any atom is -0.495 e. The number of thiophene rings is 1. The summed E-state index contributed by atoms with van der Waals surface area (Å²) in [6, 6.07) is 3.48. The van der Waals surface area contributed by atoms with E-state index in [4.69, 9.17) is 16.3 Å². The van der Waals surface area contributed by atoms with E-state index in [1.807, 2.05) is 17.7 Å². The van der Waals surface area contributed by atoms with Crippen LogP contribution >= 0.6 is 38.9 Å². The number of aliphatic hydroxyl groups is 1. The van der Waals surface area contributed by atoms with Gasteiger partial charge >= 0.3 is 0 Å². The van der Waals surface area contributed by atoms with Crippen molar-refractivity contribution in [1.29, 1.82) is 0 Å². The molecule has 0 aliphatic carbocycles. The lowest BCUT2D eigenvalue weighted by Crippen LogP contribution is -2.03. The Bertz CT molecular complexity index is 568. The largest absolute Gasteiger partial charge is 0.495 e. The van der Waals surface area contributed by atoms with E-state index in [2.05, 4.69) is 15.9 Å². The van der Waals surface area contributed by atoms with Gasteiger partial charge in [-0.1, -0.05) is 11.6 Å². The van der Waals surface area contributed by atoms with Crippen LogP contribution in [0.1, 0.15) is 22.8 Å². The van der Waals surface area contributed by atoms with E-state index in [1.54, 1.807) is 30.6 Å². The number of rotatable bonds is 3. The Labute approximate surface area is 123 Å². The fourth-order valence-corrected chi connectivity index (χ4v) is 3.68. The number of benzene rings is 1. The molecule has 1 unspecified atom stereocenters. The molecule has 0 bridgehead atoms. The van der Waals surface area contributed by atoms with Crippen LogP contribution in [0.2, 0.25) is 5.02 Å². The normalized spacial score (nSPS) is 12.5. The summed E-state index contributed by atoms with van der Waals surface area (Å²) in [5.74, 6) is 0.609. The number of aryl methyl sites for hydroxylation is 1. The van der Waals surface area contributed by atoms with E-state index < -0.39 is 6.10 Å². The molecule has 18 heavy (non-hydrogen) atoms. The Balaban J connectivity index is 2.54. The Morgan fingerprint density at radius 2 is 2.06 bits per heavy atom. The maximum atomic E-state index is 10.5. The highest BCUT2D eigenvalue weighted by Crippen LogP contribution is 2.39. The van der Waals surface area contributed by atoms with Crippen LogP contribution in [0.15, 0.2) is 27.4 Å². The number of ether oxygens (including phenoxy) is 1. The molecule has 1 heterocycles. The van der Waals surface area contributed by atoms with E-state index >= 15 is 0 Å². The van der Waals surface area contributed by atoms with Gasteiger partial charge in [0.25, 0.3) is 0 Å². The quantitative estimate of drug-likeness (QED) is 0.882.